The van der Waals surface area contributed by atoms with Crippen LogP contribution in [-0.2, 0) is 6.54 Å². The summed E-state index contributed by atoms with van der Waals surface area (Å²) in [6.07, 6.45) is 0. The second kappa shape index (κ2) is 5.74. The van der Waals surface area contributed by atoms with Gasteiger partial charge in [-0.1, -0.05) is 37.3 Å². The van der Waals surface area contributed by atoms with Gasteiger partial charge in [-0.3, -0.25) is 0 Å². The number of halogens is 2. The van der Waals surface area contributed by atoms with Gasteiger partial charge < -0.3 is 5.32 Å². The molecule has 3 heteroatoms. The summed E-state index contributed by atoms with van der Waals surface area (Å²) in [5.41, 5.74) is 2.74. The third-order valence-electron chi connectivity index (χ3n) is 2.79. The number of hydrogen-bond donors (Lipinski definition) is 1. The third kappa shape index (κ3) is 2.93. The predicted molar refractivity (Wildman–Crippen MR) is 69.2 cm³/mol. The Bertz CT molecular complexity index is 521. The summed E-state index contributed by atoms with van der Waals surface area (Å²) in [5, 5.41) is 3.23. The highest BCUT2D eigenvalue weighted by molar-refractivity contribution is 5.63. The highest BCUT2D eigenvalue weighted by atomic mass is 19.2. The minimum absolute atomic E-state index is 0.684. The fraction of sp³-hybridized carbons (Fsp3) is 0.200. The van der Waals surface area contributed by atoms with Crippen LogP contribution in [0.5, 0.6) is 0 Å². The van der Waals surface area contributed by atoms with Crippen LogP contribution >= 0.6 is 0 Å². The van der Waals surface area contributed by atoms with Crippen LogP contribution in [-0.4, -0.2) is 6.54 Å². The molecule has 0 unspecified atom stereocenters. The molecule has 2 rings (SSSR count). The summed E-state index contributed by atoms with van der Waals surface area (Å²) in [5.74, 6) is -1.63. The highest BCUT2D eigenvalue weighted by Crippen LogP contribution is 2.21. The van der Waals surface area contributed by atoms with Gasteiger partial charge in [-0.05, 0) is 35.4 Å². The summed E-state index contributed by atoms with van der Waals surface area (Å²) in [6, 6.07) is 11.8. The molecular weight excluding hydrogens is 232 g/mol. The minimum Gasteiger partial charge on any atom is -0.313 e. The Balaban J connectivity index is 2.20. The molecule has 0 aliphatic rings. The fourth-order valence-electron chi connectivity index (χ4n) is 1.76. The van der Waals surface area contributed by atoms with Gasteiger partial charge in [0, 0.05) is 6.54 Å². The largest absolute Gasteiger partial charge is 0.313 e. The molecule has 0 aromatic heterocycles. The first-order valence-corrected chi connectivity index (χ1v) is 5.96. The average molecular weight is 247 g/mol. The fourth-order valence-corrected chi connectivity index (χ4v) is 1.76. The van der Waals surface area contributed by atoms with Crippen molar-refractivity contribution in [2.24, 2.45) is 0 Å². The van der Waals surface area contributed by atoms with Crippen LogP contribution in [0.15, 0.2) is 42.5 Å². The van der Waals surface area contributed by atoms with Gasteiger partial charge in [-0.15, -0.1) is 0 Å². The molecule has 0 bridgehead atoms. The van der Waals surface area contributed by atoms with Crippen molar-refractivity contribution in [3.63, 3.8) is 0 Å². The second-order valence-electron chi connectivity index (χ2n) is 4.11. The molecular formula is C15H15F2N. The number of hydrogen-bond acceptors (Lipinski definition) is 1. The van der Waals surface area contributed by atoms with E-state index in [0.717, 1.165) is 24.7 Å². The molecule has 1 N–H and O–H groups in total. The van der Waals surface area contributed by atoms with E-state index in [0.29, 0.717) is 5.56 Å². The van der Waals surface area contributed by atoms with E-state index >= 15 is 0 Å². The maximum Gasteiger partial charge on any atom is 0.159 e. The van der Waals surface area contributed by atoms with E-state index in [9.17, 15) is 8.78 Å². The molecule has 0 aliphatic carbocycles. The summed E-state index contributed by atoms with van der Waals surface area (Å²) < 4.78 is 26.0. The standard InChI is InChI=1S/C15H15F2N/c1-2-18-10-11-3-5-12(6-4-11)13-7-8-14(16)15(17)9-13/h3-9,18H,2,10H2,1H3. The van der Waals surface area contributed by atoms with Crippen LogP contribution in [0.1, 0.15) is 12.5 Å². The van der Waals surface area contributed by atoms with Crippen LogP contribution < -0.4 is 5.32 Å². The smallest absolute Gasteiger partial charge is 0.159 e. The summed E-state index contributed by atoms with van der Waals surface area (Å²) in [6.45, 7) is 3.79. The lowest BCUT2D eigenvalue weighted by atomic mass is 10.0. The molecule has 2 aromatic rings. The van der Waals surface area contributed by atoms with E-state index in [1.54, 1.807) is 6.07 Å². The van der Waals surface area contributed by atoms with E-state index < -0.39 is 11.6 Å². The topological polar surface area (TPSA) is 12.0 Å². The Hall–Kier alpha value is -1.74. The highest BCUT2D eigenvalue weighted by Gasteiger charge is 2.04. The second-order valence-corrected chi connectivity index (χ2v) is 4.11. The Labute approximate surface area is 105 Å². The van der Waals surface area contributed by atoms with E-state index in [1.807, 2.05) is 24.3 Å². The molecule has 0 saturated heterocycles. The molecule has 0 heterocycles. The minimum atomic E-state index is -0.817. The zero-order chi connectivity index (χ0) is 13.0. The van der Waals surface area contributed by atoms with Gasteiger partial charge in [0.15, 0.2) is 11.6 Å². The summed E-state index contributed by atoms with van der Waals surface area (Å²) in [4.78, 5) is 0. The van der Waals surface area contributed by atoms with Gasteiger partial charge in [-0.25, -0.2) is 8.78 Å². The van der Waals surface area contributed by atoms with E-state index in [4.69, 9.17) is 0 Å². The van der Waals surface area contributed by atoms with Crippen molar-refractivity contribution in [3.05, 3.63) is 59.7 Å². The number of benzene rings is 2. The SMILES string of the molecule is CCNCc1ccc(-c2ccc(F)c(F)c2)cc1. The van der Waals surface area contributed by atoms with Gasteiger partial charge in [0.05, 0.1) is 0 Å². The molecule has 0 spiro atoms. The maximum absolute atomic E-state index is 13.1. The van der Waals surface area contributed by atoms with Crippen molar-refractivity contribution in [1.82, 2.24) is 5.32 Å². The van der Waals surface area contributed by atoms with Crippen LogP contribution in [0, 0.1) is 11.6 Å². The molecule has 0 amide bonds. The zero-order valence-electron chi connectivity index (χ0n) is 10.2. The first-order valence-electron chi connectivity index (χ1n) is 5.96. The van der Waals surface area contributed by atoms with Crippen LogP contribution in [0.25, 0.3) is 11.1 Å². The Morgan fingerprint density at radius 3 is 2.17 bits per heavy atom. The number of rotatable bonds is 4. The monoisotopic (exact) mass is 247 g/mol. The normalized spacial score (nSPS) is 10.6. The summed E-state index contributed by atoms with van der Waals surface area (Å²) >= 11 is 0. The van der Waals surface area contributed by atoms with Crippen molar-refractivity contribution in [1.29, 1.82) is 0 Å². The number of nitrogens with one attached hydrogen (secondary N) is 1. The maximum atomic E-state index is 13.1. The first-order chi connectivity index (χ1) is 8.70. The molecule has 0 atom stereocenters. The van der Waals surface area contributed by atoms with Crippen LogP contribution in [0.3, 0.4) is 0 Å². The lowest BCUT2D eigenvalue weighted by Crippen LogP contribution is -2.11. The molecule has 94 valence electrons. The Morgan fingerprint density at radius 1 is 0.889 bits per heavy atom. The van der Waals surface area contributed by atoms with Crippen molar-refractivity contribution in [2.75, 3.05) is 6.54 Å². The zero-order valence-corrected chi connectivity index (χ0v) is 10.2. The van der Waals surface area contributed by atoms with Crippen molar-refractivity contribution in [3.8, 4) is 11.1 Å². The predicted octanol–water partition coefficient (Wildman–Crippen LogP) is 3.74. The van der Waals surface area contributed by atoms with Gasteiger partial charge in [-0.2, -0.15) is 0 Å². The van der Waals surface area contributed by atoms with Gasteiger partial charge in [0.25, 0.3) is 0 Å². The van der Waals surface area contributed by atoms with Crippen LogP contribution in [0.2, 0.25) is 0 Å². The molecule has 0 fully saturated rings. The molecule has 0 radical (unpaired) electrons. The van der Waals surface area contributed by atoms with Crippen molar-refractivity contribution >= 4 is 0 Å². The van der Waals surface area contributed by atoms with Crippen LogP contribution in [0.4, 0.5) is 8.78 Å². The third-order valence-corrected chi connectivity index (χ3v) is 2.79. The molecule has 0 aliphatic heterocycles. The van der Waals surface area contributed by atoms with Crippen molar-refractivity contribution < 1.29 is 8.78 Å². The average Bonchev–Trinajstić information content (AvgIpc) is 2.40. The van der Waals surface area contributed by atoms with Gasteiger partial charge in [0.1, 0.15) is 0 Å². The van der Waals surface area contributed by atoms with Crippen molar-refractivity contribution in [2.45, 2.75) is 13.5 Å². The molecule has 0 saturated carbocycles. The Morgan fingerprint density at radius 2 is 1.56 bits per heavy atom. The molecule has 1 nitrogen and oxygen atoms in total. The van der Waals surface area contributed by atoms with E-state index in [2.05, 4.69) is 12.2 Å². The quantitative estimate of drug-likeness (QED) is 0.867. The van der Waals surface area contributed by atoms with Gasteiger partial charge in [0.2, 0.25) is 0 Å². The molecule has 18 heavy (non-hydrogen) atoms. The lowest BCUT2D eigenvalue weighted by Gasteiger charge is -2.05. The molecule has 2 aromatic carbocycles. The first kappa shape index (κ1) is 12.7. The Kier molecular flexibility index (Phi) is 4.05. The van der Waals surface area contributed by atoms with E-state index in [1.165, 1.54) is 11.6 Å². The van der Waals surface area contributed by atoms with Gasteiger partial charge >= 0.3 is 0 Å². The summed E-state index contributed by atoms with van der Waals surface area (Å²) in [7, 11) is 0. The lowest BCUT2D eigenvalue weighted by molar-refractivity contribution is 0.509. The van der Waals surface area contributed by atoms with E-state index in [-0.39, 0.29) is 0 Å².